The number of fused-ring (bicyclic) bond motifs is 2. The molecule has 0 saturated heterocycles. The van der Waals surface area contributed by atoms with Crippen LogP contribution in [0.15, 0.2) is 65.1 Å². The fourth-order valence-electron chi connectivity index (χ4n) is 3.84. The molecule has 0 spiro atoms. The molecular formula is C24H23N7OS. The summed E-state index contributed by atoms with van der Waals surface area (Å²) in [5.74, 6) is 1.15. The third kappa shape index (κ3) is 3.95. The molecule has 9 heteroatoms. The highest BCUT2D eigenvalue weighted by Crippen LogP contribution is 2.25. The number of nitrogens with zero attached hydrogens (tertiary/aromatic N) is 6. The van der Waals surface area contributed by atoms with Crippen molar-refractivity contribution in [3.05, 3.63) is 76.6 Å². The Bertz CT molecular complexity index is 1540. The van der Waals surface area contributed by atoms with Gasteiger partial charge in [0.1, 0.15) is 11.8 Å². The number of hydrogen-bond acceptors (Lipinski definition) is 7. The van der Waals surface area contributed by atoms with Crippen molar-refractivity contribution in [3.8, 4) is 5.69 Å². The molecule has 8 nitrogen and oxygen atoms in total. The van der Waals surface area contributed by atoms with Gasteiger partial charge in [0.05, 0.1) is 22.9 Å². The van der Waals surface area contributed by atoms with Crippen molar-refractivity contribution >= 4 is 39.6 Å². The average Bonchev–Trinajstić information content (AvgIpc) is 3.23. The predicted octanol–water partition coefficient (Wildman–Crippen LogP) is 3.91. The maximum absolute atomic E-state index is 13.5. The van der Waals surface area contributed by atoms with Gasteiger partial charge in [-0.1, -0.05) is 36.0 Å². The number of aryl methyl sites for hydroxylation is 3. The predicted molar refractivity (Wildman–Crippen MR) is 132 cm³/mol. The van der Waals surface area contributed by atoms with Crippen LogP contribution >= 0.6 is 11.8 Å². The Labute approximate surface area is 194 Å². The molecule has 33 heavy (non-hydrogen) atoms. The van der Waals surface area contributed by atoms with E-state index in [4.69, 9.17) is 10.7 Å². The summed E-state index contributed by atoms with van der Waals surface area (Å²) in [6, 6.07) is 13.6. The van der Waals surface area contributed by atoms with Gasteiger partial charge in [-0.25, -0.2) is 19.9 Å². The van der Waals surface area contributed by atoms with Crippen molar-refractivity contribution in [1.82, 2.24) is 29.1 Å². The summed E-state index contributed by atoms with van der Waals surface area (Å²) >= 11 is 1.58. The molecule has 0 aliphatic rings. The van der Waals surface area contributed by atoms with Crippen molar-refractivity contribution in [2.24, 2.45) is 0 Å². The van der Waals surface area contributed by atoms with E-state index in [1.54, 1.807) is 22.7 Å². The molecule has 0 saturated carbocycles. The SMILES string of the molecule is Cc1ccc(C)c(-n2c(SCCCn3cnc4c(N)ncnc43)nc3ccccc3c2=O)c1. The van der Waals surface area contributed by atoms with Gasteiger partial charge in [-0.15, -0.1) is 0 Å². The minimum atomic E-state index is -0.0513. The lowest BCUT2D eigenvalue weighted by Gasteiger charge is -2.16. The van der Waals surface area contributed by atoms with Crippen LogP contribution in [0.25, 0.3) is 27.8 Å². The lowest BCUT2D eigenvalue weighted by Crippen LogP contribution is -2.22. The summed E-state index contributed by atoms with van der Waals surface area (Å²) < 4.78 is 3.72. The molecule has 0 fully saturated rings. The van der Waals surface area contributed by atoms with E-state index in [9.17, 15) is 4.79 Å². The quantitative estimate of drug-likeness (QED) is 0.234. The highest BCUT2D eigenvalue weighted by atomic mass is 32.2. The zero-order valence-electron chi connectivity index (χ0n) is 18.4. The van der Waals surface area contributed by atoms with Gasteiger partial charge in [-0.05, 0) is 49.6 Å². The number of anilines is 1. The topological polar surface area (TPSA) is 105 Å². The summed E-state index contributed by atoms with van der Waals surface area (Å²) in [6.07, 6.45) is 4.03. The zero-order valence-corrected chi connectivity index (χ0v) is 19.2. The fraction of sp³-hybridized carbons (Fsp3) is 0.208. The van der Waals surface area contributed by atoms with Crippen LogP contribution in [0.5, 0.6) is 0 Å². The van der Waals surface area contributed by atoms with E-state index in [1.807, 2.05) is 54.8 Å². The monoisotopic (exact) mass is 457 g/mol. The Morgan fingerprint density at radius 1 is 1.06 bits per heavy atom. The number of aromatic nitrogens is 6. The summed E-state index contributed by atoms with van der Waals surface area (Å²) in [5, 5.41) is 1.30. The van der Waals surface area contributed by atoms with Gasteiger partial charge in [0.25, 0.3) is 5.56 Å². The van der Waals surface area contributed by atoms with Crippen LogP contribution in [0, 0.1) is 13.8 Å². The van der Waals surface area contributed by atoms with E-state index in [2.05, 4.69) is 21.0 Å². The van der Waals surface area contributed by atoms with Crippen molar-refractivity contribution in [3.63, 3.8) is 0 Å². The third-order valence-corrected chi connectivity index (χ3v) is 6.58. The Kier molecular flexibility index (Phi) is 5.55. The van der Waals surface area contributed by atoms with Gasteiger partial charge in [0.15, 0.2) is 16.6 Å². The Morgan fingerprint density at radius 2 is 1.91 bits per heavy atom. The maximum atomic E-state index is 13.5. The fourth-order valence-corrected chi connectivity index (χ4v) is 4.77. The Morgan fingerprint density at radius 3 is 2.79 bits per heavy atom. The van der Waals surface area contributed by atoms with E-state index in [0.29, 0.717) is 27.4 Å². The molecule has 3 heterocycles. The summed E-state index contributed by atoms with van der Waals surface area (Å²) in [6.45, 7) is 4.77. The van der Waals surface area contributed by atoms with Gasteiger partial charge in [0, 0.05) is 12.3 Å². The second-order valence-corrected chi connectivity index (χ2v) is 8.98. The van der Waals surface area contributed by atoms with Gasteiger partial charge < -0.3 is 10.3 Å². The molecule has 0 amide bonds. The Balaban J connectivity index is 1.45. The number of hydrogen-bond donors (Lipinski definition) is 1. The van der Waals surface area contributed by atoms with Crippen LogP contribution in [0.2, 0.25) is 0 Å². The van der Waals surface area contributed by atoms with Crippen LogP contribution < -0.4 is 11.3 Å². The molecule has 0 atom stereocenters. The molecule has 5 aromatic rings. The van der Waals surface area contributed by atoms with E-state index in [-0.39, 0.29) is 5.56 Å². The number of benzene rings is 2. The van der Waals surface area contributed by atoms with E-state index < -0.39 is 0 Å². The lowest BCUT2D eigenvalue weighted by atomic mass is 10.1. The minimum absolute atomic E-state index is 0.0513. The van der Waals surface area contributed by atoms with Crippen LogP contribution in [0.4, 0.5) is 5.82 Å². The van der Waals surface area contributed by atoms with Crippen molar-refractivity contribution in [1.29, 1.82) is 0 Å². The number of para-hydroxylation sites is 1. The second-order valence-electron chi connectivity index (χ2n) is 7.91. The number of imidazole rings is 1. The molecule has 0 aliphatic carbocycles. The normalized spacial score (nSPS) is 11.5. The first-order valence-electron chi connectivity index (χ1n) is 10.7. The number of rotatable bonds is 6. The number of nitrogen functional groups attached to an aromatic ring is 1. The van der Waals surface area contributed by atoms with E-state index in [1.165, 1.54) is 6.33 Å². The lowest BCUT2D eigenvalue weighted by molar-refractivity contribution is 0.694. The van der Waals surface area contributed by atoms with E-state index >= 15 is 0 Å². The van der Waals surface area contributed by atoms with Crippen molar-refractivity contribution in [2.75, 3.05) is 11.5 Å². The van der Waals surface area contributed by atoms with Crippen molar-refractivity contribution < 1.29 is 0 Å². The molecule has 5 rings (SSSR count). The number of thioether (sulfide) groups is 1. The van der Waals surface area contributed by atoms with Crippen LogP contribution in [0.3, 0.4) is 0 Å². The molecule has 2 aromatic carbocycles. The first kappa shape index (κ1) is 21.1. The first-order chi connectivity index (χ1) is 16.0. The van der Waals surface area contributed by atoms with Gasteiger partial charge in [-0.3, -0.25) is 9.36 Å². The van der Waals surface area contributed by atoms with E-state index in [0.717, 1.165) is 41.2 Å². The maximum Gasteiger partial charge on any atom is 0.266 e. The van der Waals surface area contributed by atoms with Crippen LogP contribution in [-0.2, 0) is 6.54 Å². The van der Waals surface area contributed by atoms with Crippen LogP contribution in [0.1, 0.15) is 17.5 Å². The molecule has 0 unspecified atom stereocenters. The Hall–Kier alpha value is -3.72. The second kappa shape index (κ2) is 8.67. The molecule has 166 valence electrons. The van der Waals surface area contributed by atoms with Crippen molar-refractivity contribution in [2.45, 2.75) is 32.0 Å². The van der Waals surface area contributed by atoms with Gasteiger partial charge >= 0.3 is 0 Å². The van der Waals surface area contributed by atoms with Crippen LogP contribution in [-0.4, -0.2) is 34.8 Å². The summed E-state index contributed by atoms with van der Waals surface area (Å²) in [4.78, 5) is 30.9. The average molecular weight is 458 g/mol. The zero-order chi connectivity index (χ0) is 22.9. The molecular weight excluding hydrogens is 434 g/mol. The third-order valence-electron chi connectivity index (χ3n) is 5.55. The molecule has 0 bridgehead atoms. The molecule has 0 aliphatic heterocycles. The molecule has 2 N–H and O–H groups in total. The number of nitrogens with two attached hydrogens (primary N) is 1. The highest BCUT2D eigenvalue weighted by molar-refractivity contribution is 7.99. The molecule has 3 aromatic heterocycles. The van der Waals surface area contributed by atoms with Gasteiger partial charge in [0.2, 0.25) is 0 Å². The molecule has 0 radical (unpaired) electrons. The largest absolute Gasteiger partial charge is 0.382 e. The highest BCUT2D eigenvalue weighted by Gasteiger charge is 2.15. The first-order valence-corrected chi connectivity index (χ1v) is 11.6. The summed E-state index contributed by atoms with van der Waals surface area (Å²) in [5.41, 5.74) is 10.9. The standard InChI is InChI=1S/C24H23N7OS/c1-15-8-9-16(2)19(12-15)31-23(32)17-6-3-4-7-18(17)29-24(31)33-11-5-10-30-14-28-20-21(25)26-13-27-22(20)30/h3-4,6-9,12-14H,5,10-11H2,1-2H3,(H2,25,26,27). The minimum Gasteiger partial charge on any atom is -0.382 e. The smallest absolute Gasteiger partial charge is 0.266 e. The summed E-state index contributed by atoms with van der Waals surface area (Å²) in [7, 11) is 0. The van der Waals surface area contributed by atoms with Gasteiger partial charge in [-0.2, -0.15) is 0 Å².